The zero-order valence-electron chi connectivity index (χ0n) is 21.0. The van der Waals surface area contributed by atoms with E-state index in [4.69, 9.17) is 9.47 Å². The molecule has 1 N–H and O–H groups in total. The van der Waals surface area contributed by atoms with Crippen molar-refractivity contribution in [3.05, 3.63) is 89.5 Å². The number of benzene rings is 3. The van der Waals surface area contributed by atoms with Crippen molar-refractivity contribution in [1.82, 2.24) is 0 Å². The van der Waals surface area contributed by atoms with Crippen molar-refractivity contribution < 1.29 is 24.5 Å². The van der Waals surface area contributed by atoms with Crippen LogP contribution >= 0.6 is 23.5 Å². The number of hydrogen-bond donors (Lipinski definition) is 1. The van der Waals surface area contributed by atoms with Crippen LogP contribution in [-0.4, -0.2) is 35.8 Å². The Hall–Kier alpha value is -2.61. The molecule has 1 saturated carbocycles. The van der Waals surface area contributed by atoms with E-state index in [1.165, 1.54) is 41.9 Å². The standard InChI is InChI=1S/C30H34O5S2/c1-34-23-13-7-14-24(17-23)37-30(27(31)19-36-20-28(32)33)26-16-8-15-25(22-11-5-6-12-22)29(26)35-18-21-9-3-2-4-10-21/h2-4,7-10,13-17,22,27,30-31H,5-6,11-12,18-20H2,1H3,(H,32,33)/p-1. The van der Waals surface area contributed by atoms with Gasteiger partial charge in [0.25, 0.3) is 0 Å². The number of aliphatic hydroxyl groups excluding tert-OH is 1. The van der Waals surface area contributed by atoms with Gasteiger partial charge in [0.2, 0.25) is 0 Å². The molecular formula is C30H33O5S2-. The third kappa shape index (κ3) is 7.69. The second kappa shape index (κ2) is 13.8. The van der Waals surface area contributed by atoms with E-state index in [-0.39, 0.29) is 16.8 Å². The van der Waals surface area contributed by atoms with Gasteiger partial charge in [-0.1, -0.05) is 67.4 Å². The predicted octanol–water partition coefficient (Wildman–Crippen LogP) is 5.61. The number of thioether (sulfide) groups is 2. The second-order valence-electron chi connectivity index (χ2n) is 9.19. The quantitative estimate of drug-likeness (QED) is 0.284. The summed E-state index contributed by atoms with van der Waals surface area (Å²) in [7, 11) is 1.63. The molecule has 3 aromatic carbocycles. The smallest absolute Gasteiger partial charge is 0.127 e. The van der Waals surface area contributed by atoms with Crippen LogP contribution in [0.4, 0.5) is 0 Å². The lowest BCUT2D eigenvalue weighted by atomic mass is 9.93. The number of para-hydroxylation sites is 1. The third-order valence-electron chi connectivity index (χ3n) is 6.57. The summed E-state index contributed by atoms with van der Waals surface area (Å²) in [6.07, 6.45) is 3.86. The number of methoxy groups -OCH3 is 1. The minimum atomic E-state index is -1.13. The molecule has 0 spiro atoms. The van der Waals surface area contributed by atoms with E-state index < -0.39 is 12.1 Å². The monoisotopic (exact) mass is 537 g/mol. The molecule has 2 unspecified atom stereocenters. The molecule has 0 saturated heterocycles. The minimum absolute atomic E-state index is 0.160. The average molecular weight is 538 g/mol. The van der Waals surface area contributed by atoms with E-state index in [1.54, 1.807) is 7.11 Å². The van der Waals surface area contributed by atoms with E-state index in [2.05, 4.69) is 12.1 Å². The van der Waals surface area contributed by atoms with Gasteiger partial charge in [0.05, 0.1) is 24.4 Å². The van der Waals surface area contributed by atoms with E-state index in [0.29, 0.717) is 12.5 Å². The number of carboxylic acid groups (broad SMARTS) is 1. The first-order valence-electron chi connectivity index (χ1n) is 12.6. The molecule has 0 aliphatic heterocycles. The number of carbonyl (C=O) groups is 1. The van der Waals surface area contributed by atoms with Crippen molar-refractivity contribution in [3.8, 4) is 11.5 Å². The number of aliphatic carboxylic acids is 1. The first-order chi connectivity index (χ1) is 18.0. The molecule has 0 bridgehead atoms. The van der Waals surface area contributed by atoms with Crippen LogP contribution in [0.2, 0.25) is 0 Å². The Balaban J connectivity index is 1.71. The van der Waals surface area contributed by atoms with Gasteiger partial charge in [-0.15, -0.1) is 11.8 Å². The highest BCUT2D eigenvalue weighted by molar-refractivity contribution is 8.00. The van der Waals surface area contributed by atoms with Gasteiger partial charge in [-0.05, 0) is 48.1 Å². The van der Waals surface area contributed by atoms with E-state index in [9.17, 15) is 15.0 Å². The van der Waals surface area contributed by atoms with Crippen LogP contribution in [-0.2, 0) is 11.4 Å². The summed E-state index contributed by atoms with van der Waals surface area (Å²) in [5.74, 6) is 0.976. The normalized spacial score (nSPS) is 15.3. The van der Waals surface area contributed by atoms with E-state index >= 15 is 0 Å². The van der Waals surface area contributed by atoms with Gasteiger partial charge in [0, 0.05) is 22.0 Å². The highest BCUT2D eigenvalue weighted by Gasteiger charge is 2.30. The first kappa shape index (κ1) is 27.4. The van der Waals surface area contributed by atoms with Crippen LogP contribution in [0.1, 0.15) is 53.5 Å². The fourth-order valence-electron chi connectivity index (χ4n) is 4.77. The van der Waals surface area contributed by atoms with Gasteiger partial charge in [0.15, 0.2) is 0 Å². The number of carboxylic acids is 1. The molecule has 1 aliphatic carbocycles. The van der Waals surface area contributed by atoms with Crippen LogP contribution in [0.3, 0.4) is 0 Å². The summed E-state index contributed by atoms with van der Waals surface area (Å²) < 4.78 is 12.0. The van der Waals surface area contributed by atoms with Crippen molar-refractivity contribution in [1.29, 1.82) is 0 Å². The fraction of sp³-hybridized carbons (Fsp3) is 0.367. The molecule has 196 valence electrons. The second-order valence-corrected chi connectivity index (χ2v) is 11.4. The molecule has 1 fully saturated rings. The zero-order chi connectivity index (χ0) is 26.0. The fourth-order valence-corrected chi connectivity index (χ4v) is 6.81. The molecule has 4 rings (SSSR count). The van der Waals surface area contributed by atoms with E-state index in [0.717, 1.165) is 40.4 Å². The van der Waals surface area contributed by atoms with Crippen molar-refractivity contribution in [3.63, 3.8) is 0 Å². The van der Waals surface area contributed by atoms with Crippen LogP contribution in [0, 0.1) is 0 Å². The Morgan fingerprint density at radius 2 is 1.81 bits per heavy atom. The predicted molar refractivity (Wildman–Crippen MR) is 148 cm³/mol. The SMILES string of the molecule is COc1cccc(SC(c2cccc(C3CCCC3)c2OCc2ccccc2)C(O)CSCC(=O)[O-])c1. The number of aliphatic hydroxyl groups is 1. The highest BCUT2D eigenvalue weighted by atomic mass is 32.2. The maximum absolute atomic E-state index is 11.4. The zero-order valence-corrected chi connectivity index (χ0v) is 22.6. The number of rotatable bonds is 13. The molecule has 37 heavy (non-hydrogen) atoms. The summed E-state index contributed by atoms with van der Waals surface area (Å²) >= 11 is 2.70. The van der Waals surface area contributed by atoms with Crippen molar-refractivity contribution in [2.45, 2.75) is 54.5 Å². The highest BCUT2D eigenvalue weighted by Crippen LogP contribution is 2.47. The van der Waals surface area contributed by atoms with Crippen molar-refractivity contribution in [2.75, 3.05) is 18.6 Å². The lowest BCUT2D eigenvalue weighted by Gasteiger charge is -2.28. The largest absolute Gasteiger partial charge is 0.549 e. The van der Waals surface area contributed by atoms with Gasteiger partial charge in [0.1, 0.15) is 18.1 Å². The summed E-state index contributed by atoms with van der Waals surface area (Å²) in [6.45, 7) is 0.434. The molecule has 0 amide bonds. The Kier molecular flexibility index (Phi) is 10.2. The molecule has 3 aromatic rings. The molecule has 1 aliphatic rings. The van der Waals surface area contributed by atoms with Crippen LogP contribution in [0.25, 0.3) is 0 Å². The number of carbonyl (C=O) groups excluding carboxylic acids is 1. The summed E-state index contributed by atoms with van der Waals surface area (Å²) in [5, 5.41) is 22.0. The minimum Gasteiger partial charge on any atom is -0.549 e. The molecule has 0 radical (unpaired) electrons. The van der Waals surface area contributed by atoms with Crippen molar-refractivity contribution >= 4 is 29.5 Å². The lowest BCUT2D eigenvalue weighted by molar-refractivity contribution is -0.301. The molecular weight excluding hydrogens is 504 g/mol. The van der Waals surface area contributed by atoms with Gasteiger partial charge in [-0.25, -0.2) is 0 Å². The van der Waals surface area contributed by atoms with Crippen molar-refractivity contribution in [2.24, 2.45) is 0 Å². The molecule has 0 heterocycles. The van der Waals surface area contributed by atoms with Crippen LogP contribution in [0.15, 0.2) is 77.7 Å². The summed E-state index contributed by atoms with van der Waals surface area (Å²) in [5.41, 5.74) is 3.20. The average Bonchev–Trinajstić information content (AvgIpc) is 3.46. The summed E-state index contributed by atoms with van der Waals surface area (Å²) in [4.78, 5) is 11.9. The molecule has 7 heteroatoms. The Bertz CT molecular complexity index is 1150. The maximum atomic E-state index is 11.4. The Morgan fingerprint density at radius 1 is 1.05 bits per heavy atom. The topological polar surface area (TPSA) is 78.8 Å². The van der Waals surface area contributed by atoms with Gasteiger partial charge >= 0.3 is 0 Å². The summed E-state index contributed by atoms with van der Waals surface area (Å²) in [6, 6.07) is 24.1. The van der Waals surface area contributed by atoms with Crippen LogP contribution in [0.5, 0.6) is 11.5 Å². The van der Waals surface area contributed by atoms with Gasteiger partial charge in [-0.2, -0.15) is 11.8 Å². The van der Waals surface area contributed by atoms with Gasteiger partial charge < -0.3 is 24.5 Å². The van der Waals surface area contributed by atoms with Gasteiger partial charge in [-0.3, -0.25) is 0 Å². The maximum Gasteiger partial charge on any atom is 0.127 e. The number of hydrogen-bond acceptors (Lipinski definition) is 7. The third-order valence-corrected chi connectivity index (χ3v) is 8.93. The molecule has 2 atom stereocenters. The molecule has 0 aromatic heterocycles. The Labute approximate surface area is 227 Å². The Morgan fingerprint density at radius 3 is 2.54 bits per heavy atom. The molecule has 5 nitrogen and oxygen atoms in total. The van der Waals surface area contributed by atoms with Crippen LogP contribution < -0.4 is 14.6 Å². The van der Waals surface area contributed by atoms with E-state index in [1.807, 2.05) is 60.7 Å². The number of ether oxygens (including phenoxy) is 2. The lowest BCUT2D eigenvalue weighted by Crippen LogP contribution is -2.26. The first-order valence-corrected chi connectivity index (χ1v) is 14.6.